The van der Waals surface area contributed by atoms with E-state index in [9.17, 15) is 0 Å². The Balaban J connectivity index is 2.47. The predicted molar refractivity (Wildman–Crippen MR) is 73.5 cm³/mol. The van der Waals surface area contributed by atoms with Gasteiger partial charge in [-0.1, -0.05) is 0 Å². The van der Waals surface area contributed by atoms with Crippen LogP contribution in [0.2, 0.25) is 0 Å². The monoisotopic (exact) mass is 278 g/mol. The molecule has 0 N–H and O–H groups in total. The zero-order valence-corrected chi connectivity index (χ0v) is 14.0. The molecular formula is C13H27O4P. The summed E-state index contributed by atoms with van der Waals surface area (Å²) in [5.41, 5.74) is -1.79. The molecule has 5 heteroatoms. The van der Waals surface area contributed by atoms with Gasteiger partial charge in [-0.2, -0.15) is 0 Å². The van der Waals surface area contributed by atoms with E-state index in [1.54, 1.807) is 0 Å². The second-order valence-corrected chi connectivity index (χ2v) is 10.7. The molecule has 2 saturated heterocycles. The van der Waals surface area contributed by atoms with Crippen molar-refractivity contribution in [3.05, 3.63) is 0 Å². The van der Waals surface area contributed by atoms with E-state index >= 15 is 0 Å². The van der Waals surface area contributed by atoms with Gasteiger partial charge in [-0.25, -0.2) is 0 Å². The van der Waals surface area contributed by atoms with E-state index in [1.165, 1.54) is 0 Å². The summed E-state index contributed by atoms with van der Waals surface area (Å²) in [5, 5.41) is 0. The number of hydrogen-bond acceptors (Lipinski definition) is 4. The Hall–Kier alpha value is 0.270. The summed E-state index contributed by atoms with van der Waals surface area (Å²) in [7, 11) is -3.50. The van der Waals surface area contributed by atoms with Crippen molar-refractivity contribution < 1.29 is 18.1 Å². The van der Waals surface area contributed by atoms with Crippen LogP contribution >= 0.6 is 7.51 Å². The summed E-state index contributed by atoms with van der Waals surface area (Å²) in [6.45, 7) is 18.0. The molecule has 4 nitrogen and oxygen atoms in total. The summed E-state index contributed by atoms with van der Waals surface area (Å²) < 4.78 is 24.9. The first-order valence-corrected chi connectivity index (χ1v) is 8.85. The van der Waals surface area contributed by atoms with E-state index in [-0.39, 0.29) is 0 Å². The zero-order valence-electron chi connectivity index (χ0n) is 13.1. The first kappa shape index (κ1) is 14.7. The second-order valence-electron chi connectivity index (χ2n) is 7.58. The van der Waals surface area contributed by atoms with Crippen LogP contribution < -0.4 is 0 Å². The minimum atomic E-state index is -3.50. The Kier molecular flexibility index (Phi) is 2.54. The molecule has 0 bridgehead atoms. The molecule has 2 rings (SSSR count). The van der Waals surface area contributed by atoms with Crippen LogP contribution in [0.4, 0.5) is 0 Å². The van der Waals surface area contributed by atoms with E-state index in [1.807, 2.05) is 62.1 Å². The molecule has 0 atom stereocenters. The number of rotatable bonds is 0. The third-order valence-corrected chi connectivity index (χ3v) is 8.08. The van der Waals surface area contributed by atoms with Gasteiger partial charge >= 0.3 is 110 Å². The molecule has 0 unspecified atom stereocenters. The van der Waals surface area contributed by atoms with Gasteiger partial charge in [0, 0.05) is 0 Å². The molecule has 18 heavy (non-hydrogen) atoms. The quantitative estimate of drug-likeness (QED) is 0.627. The fourth-order valence-corrected chi connectivity index (χ4v) is 7.75. The summed E-state index contributed by atoms with van der Waals surface area (Å²) in [6, 6.07) is 0. The van der Waals surface area contributed by atoms with Gasteiger partial charge in [-0.05, 0) is 0 Å². The van der Waals surface area contributed by atoms with Gasteiger partial charge in [0.25, 0.3) is 0 Å². The van der Waals surface area contributed by atoms with Gasteiger partial charge in [0.15, 0.2) is 0 Å². The predicted octanol–water partition coefficient (Wildman–Crippen LogP) is 4.04. The third kappa shape index (κ3) is 1.77. The summed E-state index contributed by atoms with van der Waals surface area (Å²) in [5.74, 6) is 0. The molecule has 0 aliphatic carbocycles. The van der Waals surface area contributed by atoms with Crippen LogP contribution in [0.15, 0.2) is 0 Å². The van der Waals surface area contributed by atoms with Crippen LogP contribution in [0.3, 0.4) is 0 Å². The Labute approximate surface area is 111 Å². The van der Waals surface area contributed by atoms with E-state index in [4.69, 9.17) is 18.1 Å². The van der Waals surface area contributed by atoms with Crippen LogP contribution in [0, 0.1) is 0 Å². The Bertz CT molecular complexity index is 322. The van der Waals surface area contributed by atoms with E-state index < -0.39 is 29.9 Å². The first-order chi connectivity index (χ1) is 7.63. The minimum absolute atomic E-state index is 0.448. The van der Waals surface area contributed by atoms with Crippen molar-refractivity contribution >= 4 is 7.51 Å². The molecule has 2 fully saturated rings. The van der Waals surface area contributed by atoms with Crippen LogP contribution in [0.5, 0.6) is 0 Å². The molecule has 0 aromatic rings. The van der Waals surface area contributed by atoms with Gasteiger partial charge in [0.05, 0.1) is 0 Å². The molecule has 108 valence electrons. The first-order valence-electron chi connectivity index (χ1n) is 6.49. The molecule has 2 aliphatic rings. The molecule has 0 amide bonds. The maximum absolute atomic E-state index is 6.24. The van der Waals surface area contributed by atoms with Crippen molar-refractivity contribution in [1.82, 2.24) is 0 Å². The topological polar surface area (TPSA) is 36.9 Å². The molecule has 1 spiro atoms. The van der Waals surface area contributed by atoms with Crippen molar-refractivity contribution in [2.75, 3.05) is 6.66 Å². The fraction of sp³-hybridized carbons (Fsp3) is 1.00. The molecular weight excluding hydrogens is 251 g/mol. The zero-order chi connectivity index (χ0) is 14.3. The van der Waals surface area contributed by atoms with E-state index in [0.29, 0.717) is 0 Å². The molecule has 0 aromatic heterocycles. The summed E-state index contributed by atoms with van der Waals surface area (Å²) >= 11 is 0. The van der Waals surface area contributed by atoms with Crippen LogP contribution in [0.25, 0.3) is 0 Å². The maximum atomic E-state index is 6.24. The van der Waals surface area contributed by atoms with Gasteiger partial charge in [0.2, 0.25) is 0 Å². The Morgan fingerprint density at radius 2 is 0.667 bits per heavy atom. The molecule has 0 radical (unpaired) electrons. The number of hydrogen-bond donors (Lipinski definition) is 0. The Morgan fingerprint density at radius 3 is 0.833 bits per heavy atom. The van der Waals surface area contributed by atoms with Gasteiger partial charge in [0.1, 0.15) is 0 Å². The summed E-state index contributed by atoms with van der Waals surface area (Å²) in [6.07, 6.45) is 0. The van der Waals surface area contributed by atoms with Crippen molar-refractivity contribution in [2.24, 2.45) is 0 Å². The van der Waals surface area contributed by atoms with E-state index in [0.717, 1.165) is 0 Å². The standard InChI is InChI=1S/C13H27O4P/c1-10(2)11(3,4)15-18(9,14-10)16-12(5,6)13(7,8)17-18/h1-9H3. The third-order valence-electron chi connectivity index (χ3n) is 4.63. The normalized spacial score (nSPS) is 39.3. The summed E-state index contributed by atoms with van der Waals surface area (Å²) in [4.78, 5) is 0. The van der Waals surface area contributed by atoms with Crippen molar-refractivity contribution in [2.45, 2.75) is 77.8 Å². The molecule has 0 saturated carbocycles. The molecule has 0 aromatic carbocycles. The van der Waals surface area contributed by atoms with Crippen LogP contribution in [0.1, 0.15) is 55.4 Å². The van der Waals surface area contributed by atoms with Gasteiger partial charge < -0.3 is 0 Å². The average Bonchev–Trinajstić information content (AvgIpc) is 2.15. The second kappa shape index (κ2) is 3.12. The van der Waals surface area contributed by atoms with E-state index in [2.05, 4.69) is 0 Å². The molecule has 2 heterocycles. The van der Waals surface area contributed by atoms with Gasteiger partial charge in [-0.15, -0.1) is 0 Å². The average molecular weight is 278 g/mol. The SMILES string of the molecule is CC1(C)OP2(C)(OC1(C)C)OC(C)(C)C(C)(C)O2. The van der Waals surface area contributed by atoms with Crippen LogP contribution in [-0.4, -0.2) is 29.1 Å². The van der Waals surface area contributed by atoms with Crippen molar-refractivity contribution in [1.29, 1.82) is 0 Å². The molecule has 2 aliphatic heterocycles. The van der Waals surface area contributed by atoms with Crippen LogP contribution in [-0.2, 0) is 18.1 Å². The van der Waals surface area contributed by atoms with Crippen molar-refractivity contribution in [3.8, 4) is 0 Å². The van der Waals surface area contributed by atoms with Gasteiger partial charge in [-0.3, -0.25) is 0 Å². The Morgan fingerprint density at radius 1 is 0.500 bits per heavy atom. The fourth-order valence-electron chi connectivity index (χ4n) is 2.58. The van der Waals surface area contributed by atoms with Crippen molar-refractivity contribution in [3.63, 3.8) is 0 Å².